The first-order chi connectivity index (χ1) is 19.3. The smallest absolute Gasteiger partial charge is 0.263 e. The van der Waals surface area contributed by atoms with Crippen LogP contribution in [0.5, 0.6) is 0 Å². The summed E-state index contributed by atoms with van der Waals surface area (Å²) < 4.78 is 2.68. The van der Waals surface area contributed by atoms with Crippen molar-refractivity contribution in [2.24, 2.45) is 0 Å². The molecule has 0 atom stereocenters. The first-order valence-electron chi connectivity index (χ1n) is 12.6. The molecule has 198 valence electrons. The Kier molecular flexibility index (Phi) is 6.24. The van der Waals surface area contributed by atoms with Crippen LogP contribution in [-0.4, -0.2) is 25.2 Å². The Morgan fingerprint density at radius 2 is 1.80 bits per heavy atom. The highest BCUT2D eigenvalue weighted by Crippen LogP contribution is 2.28. The molecule has 9 nitrogen and oxygen atoms in total. The fourth-order valence-electron chi connectivity index (χ4n) is 5.00. The predicted octanol–water partition coefficient (Wildman–Crippen LogP) is 5.20. The van der Waals surface area contributed by atoms with Crippen molar-refractivity contribution in [1.29, 1.82) is 5.41 Å². The molecule has 0 spiro atoms. The van der Waals surface area contributed by atoms with Crippen LogP contribution >= 0.6 is 11.3 Å². The molecule has 0 aliphatic heterocycles. The van der Waals surface area contributed by atoms with Crippen LogP contribution in [0.1, 0.15) is 27.9 Å². The molecule has 3 heterocycles. The third kappa shape index (κ3) is 4.34. The fourth-order valence-corrected chi connectivity index (χ4v) is 5.71. The van der Waals surface area contributed by atoms with E-state index in [0.717, 1.165) is 32.6 Å². The monoisotopic (exact) mass is 546 g/mol. The van der Waals surface area contributed by atoms with Gasteiger partial charge >= 0.3 is 0 Å². The standard InChI is InChI=1S/C30H26N8OS/c1-16-6-3-4-9-22(16)38-20(12-18-8-5-7-17(2)24(18)29(38)39)14-34-28-25(27(32)35-15-36-28)26(31)19-10-11-23-21(13-19)37-30(33)40-23/h3-13,15,31H,14H2,1-2H3,(H2,33,37)(H3,32,34,35,36). The second-order valence-electron chi connectivity index (χ2n) is 9.55. The minimum absolute atomic E-state index is 0.0901. The molecule has 0 bridgehead atoms. The summed E-state index contributed by atoms with van der Waals surface area (Å²) in [5.74, 6) is 0.564. The lowest BCUT2D eigenvalue weighted by atomic mass is 10.0. The van der Waals surface area contributed by atoms with Crippen molar-refractivity contribution in [2.45, 2.75) is 20.4 Å². The number of nitrogen functional groups attached to an aromatic ring is 2. The molecule has 0 amide bonds. The van der Waals surface area contributed by atoms with E-state index in [4.69, 9.17) is 16.9 Å². The molecule has 0 saturated heterocycles. The summed E-state index contributed by atoms with van der Waals surface area (Å²) >= 11 is 1.39. The lowest BCUT2D eigenvalue weighted by Crippen LogP contribution is -2.25. The molecule has 40 heavy (non-hydrogen) atoms. The van der Waals surface area contributed by atoms with Gasteiger partial charge in [-0.05, 0) is 54.6 Å². The van der Waals surface area contributed by atoms with E-state index in [1.54, 1.807) is 4.57 Å². The maximum absolute atomic E-state index is 13.9. The van der Waals surface area contributed by atoms with Crippen LogP contribution in [0.2, 0.25) is 0 Å². The molecule has 0 saturated carbocycles. The van der Waals surface area contributed by atoms with Crippen LogP contribution in [0.3, 0.4) is 0 Å². The maximum Gasteiger partial charge on any atom is 0.263 e. The number of rotatable bonds is 6. The highest BCUT2D eigenvalue weighted by molar-refractivity contribution is 7.22. The van der Waals surface area contributed by atoms with Crippen molar-refractivity contribution in [2.75, 3.05) is 16.8 Å². The maximum atomic E-state index is 13.9. The summed E-state index contributed by atoms with van der Waals surface area (Å²) in [7, 11) is 0. The molecule has 0 radical (unpaired) electrons. The molecule has 6 N–H and O–H groups in total. The van der Waals surface area contributed by atoms with Gasteiger partial charge in [0, 0.05) is 11.3 Å². The van der Waals surface area contributed by atoms with Gasteiger partial charge in [0.15, 0.2) is 5.13 Å². The second kappa shape index (κ2) is 9.90. The van der Waals surface area contributed by atoms with Gasteiger partial charge in [0.25, 0.3) is 5.56 Å². The molecule has 6 aromatic rings. The Balaban J connectivity index is 1.43. The number of nitrogens with two attached hydrogens (primary N) is 2. The highest BCUT2D eigenvalue weighted by Gasteiger charge is 2.19. The first-order valence-corrected chi connectivity index (χ1v) is 13.4. The average molecular weight is 547 g/mol. The summed E-state index contributed by atoms with van der Waals surface area (Å²) in [6, 6.07) is 21.2. The number of aryl methyl sites for hydroxylation is 2. The van der Waals surface area contributed by atoms with Crippen molar-refractivity contribution in [1.82, 2.24) is 19.5 Å². The number of aromatic nitrogens is 4. The van der Waals surface area contributed by atoms with E-state index in [2.05, 4.69) is 20.3 Å². The molecular formula is C30H26N8OS. The molecule has 6 rings (SSSR count). The molecule has 3 aromatic carbocycles. The average Bonchev–Trinajstić information content (AvgIpc) is 3.31. The van der Waals surface area contributed by atoms with Crippen LogP contribution in [0.25, 0.3) is 26.7 Å². The summed E-state index contributed by atoms with van der Waals surface area (Å²) in [5.41, 5.74) is 17.3. The first kappa shape index (κ1) is 25.2. The minimum atomic E-state index is -0.0901. The summed E-state index contributed by atoms with van der Waals surface area (Å²) in [6.07, 6.45) is 1.36. The normalized spacial score (nSPS) is 11.2. The number of anilines is 3. The van der Waals surface area contributed by atoms with Gasteiger partial charge in [0.05, 0.1) is 39.1 Å². The molecule has 0 aliphatic carbocycles. The Morgan fingerprint density at radius 3 is 2.62 bits per heavy atom. The number of benzene rings is 3. The molecule has 0 aliphatic rings. The van der Waals surface area contributed by atoms with Crippen molar-refractivity contribution in [3.63, 3.8) is 0 Å². The van der Waals surface area contributed by atoms with Gasteiger partial charge in [-0.25, -0.2) is 15.0 Å². The van der Waals surface area contributed by atoms with E-state index in [1.165, 1.54) is 17.7 Å². The zero-order valence-electron chi connectivity index (χ0n) is 21.9. The minimum Gasteiger partial charge on any atom is -0.383 e. The van der Waals surface area contributed by atoms with Gasteiger partial charge in [-0.1, -0.05) is 53.8 Å². The van der Waals surface area contributed by atoms with E-state index in [0.29, 0.717) is 33.0 Å². The number of pyridine rings is 1. The van der Waals surface area contributed by atoms with Crippen molar-refractivity contribution < 1.29 is 0 Å². The number of fused-ring (bicyclic) bond motifs is 2. The van der Waals surface area contributed by atoms with Crippen LogP contribution in [-0.2, 0) is 6.54 Å². The summed E-state index contributed by atoms with van der Waals surface area (Å²) in [5, 5.41) is 14.3. The molecule has 0 unspecified atom stereocenters. The third-order valence-corrected chi connectivity index (χ3v) is 7.81. The van der Waals surface area contributed by atoms with Crippen molar-refractivity contribution in [3.8, 4) is 5.69 Å². The SMILES string of the molecule is Cc1ccccc1-n1c(CNc2ncnc(N)c2C(=N)c2ccc3sc(N)nc3c2)cc2cccc(C)c2c1=O. The van der Waals surface area contributed by atoms with E-state index in [1.807, 2.05) is 80.6 Å². The Labute approximate surface area is 233 Å². The van der Waals surface area contributed by atoms with E-state index in [9.17, 15) is 4.79 Å². The van der Waals surface area contributed by atoms with Gasteiger partial charge in [-0.15, -0.1) is 0 Å². The van der Waals surface area contributed by atoms with Gasteiger partial charge in [0.1, 0.15) is 18.0 Å². The van der Waals surface area contributed by atoms with Crippen LogP contribution < -0.4 is 22.3 Å². The Hall–Kier alpha value is -5.09. The fraction of sp³-hybridized carbons (Fsp3) is 0.100. The number of para-hydroxylation sites is 1. The van der Waals surface area contributed by atoms with Crippen LogP contribution in [0, 0.1) is 19.3 Å². The van der Waals surface area contributed by atoms with Gasteiger partial charge < -0.3 is 16.8 Å². The lowest BCUT2D eigenvalue weighted by molar-refractivity contribution is 0.883. The molecule has 0 fully saturated rings. The van der Waals surface area contributed by atoms with Crippen LogP contribution in [0.15, 0.2) is 77.9 Å². The summed E-state index contributed by atoms with van der Waals surface area (Å²) in [6.45, 7) is 4.19. The molecule has 3 aromatic heterocycles. The number of hydrogen-bond donors (Lipinski definition) is 4. The van der Waals surface area contributed by atoms with Crippen molar-refractivity contribution >= 4 is 54.8 Å². The van der Waals surface area contributed by atoms with Gasteiger partial charge in [-0.2, -0.15) is 0 Å². The third-order valence-electron chi connectivity index (χ3n) is 6.94. The van der Waals surface area contributed by atoms with Gasteiger partial charge in [-0.3, -0.25) is 14.8 Å². The molecule has 10 heteroatoms. The second-order valence-corrected chi connectivity index (χ2v) is 10.6. The number of nitrogens with one attached hydrogen (secondary N) is 2. The predicted molar refractivity (Wildman–Crippen MR) is 163 cm³/mol. The number of hydrogen-bond acceptors (Lipinski definition) is 9. The number of thiazole rings is 1. The van der Waals surface area contributed by atoms with E-state index in [-0.39, 0.29) is 23.6 Å². The zero-order valence-corrected chi connectivity index (χ0v) is 22.7. The Bertz CT molecular complexity index is 2010. The van der Waals surface area contributed by atoms with E-state index >= 15 is 0 Å². The van der Waals surface area contributed by atoms with E-state index < -0.39 is 0 Å². The highest BCUT2D eigenvalue weighted by atomic mass is 32.1. The lowest BCUT2D eigenvalue weighted by Gasteiger charge is -2.19. The quantitative estimate of drug-likeness (QED) is 0.210. The summed E-state index contributed by atoms with van der Waals surface area (Å²) in [4.78, 5) is 26.8. The topological polar surface area (TPSA) is 149 Å². The largest absolute Gasteiger partial charge is 0.383 e. The Morgan fingerprint density at radius 1 is 1.00 bits per heavy atom. The zero-order chi connectivity index (χ0) is 28.0. The van der Waals surface area contributed by atoms with Crippen molar-refractivity contribution in [3.05, 3.63) is 111 Å². The number of nitrogens with zero attached hydrogens (tertiary/aromatic N) is 4. The van der Waals surface area contributed by atoms with Gasteiger partial charge in [0.2, 0.25) is 0 Å². The molecular weight excluding hydrogens is 520 g/mol. The van der Waals surface area contributed by atoms with Crippen LogP contribution in [0.4, 0.5) is 16.8 Å².